The van der Waals surface area contributed by atoms with E-state index in [1.54, 1.807) is 18.2 Å². The van der Waals surface area contributed by atoms with Gasteiger partial charge in [0, 0.05) is 10.7 Å². The van der Waals surface area contributed by atoms with Crippen LogP contribution in [0.4, 0.5) is 5.69 Å². The number of nitrogens with zero attached hydrogens (tertiary/aromatic N) is 1. The van der Waals surface area contributed by atoms with E-state index in [2.05, 4.69) is 5.32 Å². The molecule has 1 aliphatic rings. The summed E-state index contributed by atoms with van der Waals surface area (Å²) < 4.78 is 5.35. The lowest BCUT2D eigenvalue weighted by atomic mass is 9.97. The van der Waals surface area contributed by atoms with Gasteiger partial charge in [-0.1, -0.05) is 41.4 Å². The molecule has 6 heteroatoms. The highest BCUT2D eigenvalue weighted by Gasteiger charge is 2.40. The topological polar surface area (TPSA) is 62.6 Å². The zero-order valence-electron chi connectivity index (χ0n) is 17.0. The van der Waals surface area contributed by atoms with Crippen molar-refractivity contribution in [2.75, 3.05) is 5.32 Å². The number of amides is 2. The minimum Gasteiger partial charge on any atom is -0.467 e. The Labute approximate surface area is 180 Å². The molecule has 2 amide bonds. The van der Waals surface area contributed by atoms with Crippen LogP contribution in [0.1, 0.15) is 28.0 Å². The third kappa shape index (κ3) is 3.64. The Morgan fingerprint density at radius 2 is 1.77 bits per heavy atom. The molecule has 0 radical (unpaired) electrons. The first-order chi connectivity index (χ1) is 14.3. The van der Waals surface area contributed by atoms with Crippen LogP contribution in [0, 0.1) is 20.8 Å². The number of carbonyl (C=O) groups excluding carboxylic acids is 2. The summed E-state index contributed by atoms with van der Waals surface area (Å²) in [5, 5.41) is 3.72. The van der Waals surface area contributed by atoms with Crippen molar-refractivity contribution in [2.45, 2.75) is 27.3 Å². The smallest absolute Gasteiger partial charge is 0.278 e. The van der Waals surface area contributed by atoms with Crippen molar-refractivity contribution in [2.24, 2.45) is 0 Å². The summed E-state index contributed by atoms with van der Waals surface area (Å²) >= 11 is 6.25. The maximum atomic E-state index is 13.3. The van der Waals surface area contributed by atoms with E-state index in [-0.39, 0.29) is 18.1 Å². The average Bonchev–Trinajstić information content (AvgIpc) is 3.29. The summed E-state index contributed by atoms with van der Waals surface area (Å²) in [6, 6.07) is 14.7. The van der Waals surface area contributed by atoms with Crippen molar-refractivity contribution in [3.8, 4) is 0 Å². The fourth-order valence-electron chi connectivity index (χ4n) is 3.55. The van der Waals surface area contributed by atoms with Gasteiger partial charge in [0.05, 0.1) is 18.4 Å². The first-order valence-electron chi connectivity index (χ1n) is 9.59. The number of anilines is 1. The van der Waals surface area contributed by atoms with Crippen LogP contribution in [-0.2, 0) is 16.1 Å². The molecular formula is C24H21ClN2O3. The van der Waals surface area contributed by atoms with Gasteiger partial charge in [0.2, 0.25) is 0 Å². The molecule has 1 N–H and O–H groups in total. The lowest BCUT2D eigenvalue weighted by molar-refractivity contribution is -0.137. The number of hydrogen-bond acceptors (Lipinski definition) is 4. The average molecular weight is 421 g/mol. The molecule has 0 saturated carbocycles. The third-order valence-electron chi connectivity index (χ3n) is 5.15. The highest BCUT2D eigenvalue weighted by molar-refractivity contribution is 6.37. The predicted molar refractivity (Wildman–Crippen MR) is 117 cm³/mol. The molecule has 0 saturated heterocycles. The van der Waals surface area contributed by atoms with Gasteiger partial charge >= 0.3 is 0 Å². The van der Waals surface area contributed by atoms with Gasteiger partial charge in [-0.05, 0) is 61.7 Å². The molecule has 0 aliphatic carbocycles. The van der Waals surface area contributed by atoms with Gasteiger partial charge < -0.3 is 9.73 Å². The largest absolute Gasteiger partial charge is 0.467 e. The Hall–Kier alpha value is -3.31. The molecule has 4 rings (SSSR count). The molecule has 0 bridgehead atoms. The van der Waals surface area contributed by atoms with Crippen LogP contribution in [0.15, 0.2) is 64.9 Å². The SMILES string of the molecule is Cc1ccc(C2=C(Nc3ccc(C)c(Cl)c3)C(=O)N(Cc3ccco3)C2=O)c(C)c1. The van der Waals surface area contributed by atoms with Crippen molar-refractivity contribution in [3.63, 3.8) is 0 Å². The first-order valence-corrected chi connectivity index (χ1v) is 9.96. The number of hydrogen-bond donors (Lipinski definition) is 1. The predicted octanol–water partition coefficient (Wildman–Crippen LogP) is 5.25. The lowest BCUT2D eigenvalue weighted by Crippen LogP contribution is -2.31. The van der Waals surface area contributed by atoms with Crippen LogP contribution >= 0.6 is 11.6 Å². The number of rotatable bonds is 5. The Bertz CT molecular complexity index is 1180. The molecule has 0 fully saturated rings. The fourth-order valence-corrected chi connectivity index (χ4v) is 3.73. The second-order valence-corrected chi connectivity index (χ2v) is 7.84. The van der Waals surface area contributed by atoms with Gasteiger partial charge in [0.15, 0.2) is 0 Å². The second-order valence-electron chi connectivity index (χ2n) is 7.43. The van der Waals surface area contributed by atoms with Crippen molar-refractivity contribution in [1.82, 2.24) is 4.90 Å². The Morgan fingerprint density at radius 1 is 0.967 bits per heavy atom. The molecule has 2 aromatic carbocycles. The van der Waals surface area contributed by atoms with Crippen LogP contribution < -0.4 is 5.32 Å². The molecule has 1 aromatic heterocycles. The molecule has 0 spiro atoms. The van der Waals surface area contributed by atoms with E-state index in [4.69, 9.17) is 16.0 Å². The molecular weight excluding hydrogens is 400 g/mol. The summed E-state index contributed by atoms with van der Waals surface area (Å²) in [5.41, 5.74) is 4.89. The standard InChI is InChI=1S/C24H21ClN2O3/c1-14-6-9-19(16(3)11-14)21-22(26-17-8-7-15(2)20(25)12-17)24(29)27(23(21)28)13-18-5-4-10-30-18/h4-12,26H,13H2,1-3H3. The molecule has 5 nitrogen and oxygen atoms in total. The van der Waals surface area contributed by atoms with E-state index >= 15 is 0 Å². The van der Waals surface area contributed by atoms with Gasteiger partial charge in [-0.15, -0.1) is 0 Å². The second kappa shape index (κ2) is 7.84. The molecule has 3 aromatic rings. The maximum absolute atomic E-state index is 13.3. The first kappa shape index (κ1) is 20.0. The summed E-state index contributed by atoms with van der Waals surface area (Å²) in [7, 11) is 0. The van der Waals surface area contributed by atoms with Crippen molar-refractivity contribution in [1.29, 1.82) is 0 Å². The fraction of sp³-hybridized carbons (Fsp3) is 0.167. The van der Waals surface area contributed by atoms with Crippen LogP contribution in [0.2, 0.25) is 5.02 Å². The third-order valence-corrected chi connectivity index (χ3v) is 5.56. The highest BCUT2D eigenvalue weighted by Crippen LogP contribution is 2.34. The maximum Gasteiger partial charge on any atom is 0.278 e. The minimum atomic E-state index is -0.400. The number of imide groups is 1. The van der Waals surface area contributed by atoms with E-state index in [9.17, 15) is 9.59 Å². The zero-order valence-corrected chi connectivity index (χ0v) is 17.7. The molecule has 152 valence electrons. The summed E-state index contributed by atoms with van der Waals surface area (Å²) in [6.45, 7) is 5.90. The Morgan fingerprint density at radius 3 is 2.43 bits per heavy atom. The van der Waals surface area contributed by atoms with Crippen molar-refractivity contribution < 1.29 is 14.0 Å². The zero-order chi connectivity index (χ0) is 21.4. The number of nitrogens with one attached hydrogen (secondary N) is 1. The summed E-state index contributed by atoms with van der Waals surface area (Å²) in [6.07, 6.45) is 1.52. The lowest BCUT2D eigenvalue weighted by Gasteiger charge is -2.14. The highest BCUT2D eigenvalue weighted by atomic mass is 35.5. The van der Waals surface area contributed by atoms with E-state index in [0.29, 0.717) is 22.0 Å². The number of benzene rings is 2. The molecule has 30 heavy (non-hydrogen) atoms. The monoisotopic (exact) mass is 420 g/mol. The molecule has 1 aliphatic heterocycles. The van der Waals surface area contributed by atoms with Crippen molar-refractivity contribution >= 4 is 34.7 Å². The van der Waals surface area contributed by atoms with Crippen molar-refractivity contribution in [3.05, 3.63) is 93.5 Å². The summed E-state index contributed by atoms with van der Waals surface area (Å²) in [4.78, 5) is 27.8. The van der Waals surface area contributed by atoms with Gasteiger partial charge in [-0.2, -0.15) is 0 Å². The molecule has 2 heterocycles. The Kier molecular flexibility index (Phi) is 5.22. The van der Waals surface area contributed by atoms with E-state index in [1.165, 1.54) is 11.2 Å². The van der Waals surface area contributed by atoms with E-state index < -0.39 is 5.91 Å². The van der Waals surface area contributed by atoms with Gasteiger partial charge in [-0.25, -0.2) is 0 Å². The van der Waals surface area contributed by atoms with Crippen LogP contribution in [-0.4, -0.2) is 16.7 Å². The quantitative estimate of drug-likeness (QED) is 0.572. The van der Waals surface area contributed by atoms with Crippen LogP contribution in [0.5, 0.6) is 0 Å². The minimum absolute atomic E-state index is 0.0684. The normalized spacial score (nSPS) is 14.1. The number of aryl methyl sites for hydroxylation is 3. The van der Waals surface area contributed by atoms with Crippen LogP contribution in [0.25, 0.3) is 5.57 Å². The Balaban J connectivity index is 1.80. The van der Waals surface area contributed by atoms with E-state index in [0.717, 1.165) is 22.3 Å². The summed E-state index contributed by atoms with van der Waals surface area (Å²) in [5.74, 6) is -0.219. The number of halogens is 1. The number of furan rings is 1. The number of carbonyl (C=O) groups is 2. The van der Waals surface area contributed by atoms with Crippen LogP contribution in [0.3, 0.4) is 0 Å². The van der Waals surface area contributed by atoms with E-state index in [1.807, 2.05) is 51.1 Å². The molecule has 0 unspecified atom stereocenters. The molecule has 0 atom stereocenters. The van der Waals surface area contributed by atoms with Gasteiger partial charge in [0.1, 0.15) is 11.5 Å². The van der Waals surface area contributed by atoms with Gasteiger partial charge in [-0.3, -0.25) is 14.5 Å². The van der Waals surface area contributed by atoms with Gasteiger partial charge in [0.25, 0.3) is 11.8 Å².